The Morgan fingerprint density at radius 1 is 0.946 bits per heavy atom. The van der Waals surface area contributed by atoms with Gasteiger partial charge in [-0.15, -0.1) is 5.10 Å². The molecule has 1 aromatic heterocycles. The van der Waals surface area contributed by atoms with Crippen LogP contribution in [0.25, 0.3) is 0 Å². The number of hydrogen-bond acceptors (Lipinski definition) is 7. The molecule has 9 heteroatoms. The molecule has 5 rings (SSSR count). The van der Waals surface area contributed by atoms with Crippen molar-refractivity contribution in [3.05, 3.63) is 89.5 Å². The molecular formula is C28H29N5O4. The Kier molecular flexibility index (Phi) is 6.93. The Morgan fingerprint density at radius 2 is 1.70 bits per heavy atom. The van der Waals surface area contributed by atoms with Crippen LogP contribution in [0.4, 0.5) is 11.9 Å². The van der Waals surface area contributed by atoms with Crippen LogP contribution >= 0.6 is 0 Å². The number of amides is 1. The van der Waals surface area contributed by atoms with Gasteiger partial charge in [-0.2, -0.15) is 4.98 Å². The highest BCUT2D eigenvalue weighted by atomic mass is 16.5. The average molecular weight is 500 g/mol. The summed E-state index contributed by atoms with van der Waals surface area (Å²) in [7, 11) is 4.80. The molecule has 0 spiro atoms. The summed E-state index contributed by atoms with van der Waals surface area (Å²) in [6.07, 6.45) is 0.917. The monoisotopic (exact) mass is 499 g/mol. The number of nitrogens with zero attached hydrogens (tertiary/aromatic N) is 3. The number of anilines is 2. The molecule has 0 unspecified atom stereocenters. The summed E-state index contributed by atoms with van der Waals surface area (Å²) in [4.78, 5) is 17.5. The zero-order valence-corrected chi connectivity index (χ0v) is 21.0. The minimum atomic E-state index is -0.224. The molecular weight excluding hydrogens is 470 g/mol. The molecule has 1 aliphatic heterocycles. The van der Waals surface area contributed by atoms with Crippen molar-refractivity contribution in [2.75, 3.05) is 32.0 Å². The van der Waals surface area contributed by atoms with Crippen molar-refractivity contribution >= 4 is 17.8 Å². The van der Waals surface area contributed by atoms with Gasteiger partial charge in [0.05, 0.1) is 39.8 Å². The second-order valence-corrected chi connectivity index (χ2v) is 8.75. The van der Waals surface area contributed by atoms with E-state index in [0.717, 1.165) is 28.9 Å². The van der Waals surface area contributed by atoms with Gasteiger partial charge in [0, 0.05) is 0 Å². The molecule has 4 aromatic rings. The van der Waals surface area contributed by atoms with Crippen LogP contribution in [0.15, 0.2) is 72.8 Å². The van der Waals surface area contributed by atoms with Crippen molar-refractivity contribution < 1.29 is 19.0 Å². The minimum Gasteiger partial charge on any atom is -0.497 e. The Hall–Kier alpha value is -4.53. The van der Waals surface area contributed by atoms with E-state index in [4.69, 9.17) is 14.2 Å². The number of benzene rings is 3. The number of ether oxygens (including phenoxy) is 3. The third-order valence-electron chi connectivity index (χ3n) is 6.46. The van der Waals surface area contributed by atoms with E-state index in [-0.39, 0.29) is 30.4 Å². The van der Waals surface area contributed by atoms with Crippen LogP contribution < -0.4 is 24.8 Å². The predicted octanol–water partition coefficient (Wildman–Crippen LogP) is 4.63. The van der Waals surface area contributed by atoms with Crippen molar-refractivity contribution in [3.63, 3.8) is 0 Å². The van der Waals surface area contributed by atoms with Crippen LogP contribution in [0.3, 0.4) is 0 Å². The largest absolute Gasteiger partial charge is 0.497 e. The minimum absolute atomic E-state index is 0.0168. The SMILES string of the molecule is COc1ccc([C@@H]2C[C@@H](c3ccccc3)n3nc(NC(=O)Cc4ccc(OC)c(OC)c4)nc3N2)cc1. The van der Waals surface area contributed by atoms with Gasteiger partial charge in [-0.05, 0) is 47.4 Å². The van der Waals surface area contributed by atoms with Gasteiger partial charge in [0.1, 0.15) is 5.75 Å². The normalized spacial score (nSPS) is 16.3. The lowest BCUT2D eigenvalue weighted by Gasteiger charge is -2.31. The van der Waals surface area contributed by atoms with E-state index >= 15 is 0 Å². The number of carbonyl (C=O) groups is 1. The quantitative estimate of drug-likeness (QED) is 0.365. The molecule has 0 bridgehead atoms. The van der Waals surface area contributed by atoms with Crippen LogP contribution in [0, 0.1) is 0 Å². The summed E-state index contributed by atoms with van der Waals surface area (Å²) in [5.41, 5.74) is 3.03. The second kappa shape index (κ2) is 10.6. The van der Waals surface area contributed by atoms with Gasteiger partial charge in [-0.25, -0.2) is 4.68 Å². The van der Waals surface area contributed by atoms with E-state index < -0.39 is 0 Å². The average Bonchev–Trinajstić information content (AvgIpc) is 3.35. The molecule has 0 fully saturated rings. The highest BCUT2D eigenvalue weighted by Crippen LogP contribution is 2.38. The standard InChI is InChI=1S/C28H29N5O4/c1-35-21-12-10-19(11-13-21)22-17-23(20-7-5-4-6-8-20)33-28(29-22)31-27(32-33)30-26(34)16-18-9-14-24(36-2)25(15-18)37-3/h4-15,22-23H,16-17H2,1-3H3,(H2,29,30,31,32,34)/t22-,23-/m0/s1. The van der Waals surface area contributed by atoms with Crippen LogP contribution in [0.5, 0.6) is 17.2 Å². The highest BCUT2D eigenvalue weighted by Gasteiger charge is 2.31. The van der Waals surface area contributed by atoms with E-state index in [1.165, 1.54) is 0 Å². The first-order chi connectivity index (χ1) is 18.1. The van der Waals surface area contributed by atoms with Gasteiger partial charge in [0.15, 0.2) is 11.5 Å². The van der Waals surface area contributed by atoms with E-state index in [0.29, 0.717) is 17.4 Å². The van der Waals surface area contributed by atoms with Gasteiger partial charge < -0.3 is 19.5 Å². The molecule has 2 N–H and O–H groups in total. The Balaban J connectivity index is 1.38. The van der Waals surface area contributed by atoms with Crippen molar-refractivity contribution in [1.29, 1.82) is 0 Å². The molecule has 1 amide bonds. The number of nitrogens with one attached hydrogen (secondary N) is 2. The number of carbonyl (C=O) groups excluding carboxylic acids is 1. The molecule has 2 heterocycles. The molecule has 0 radical (unpaired) electrons. The van der Waals surface area contributed by atoms with E-state index in [2.05, 4.69) is 45.0 Å². The zero-order valence-electron chi connectivity index (χ0n) is 21.0. The van der Waals surface area contributed by atoms with Crippen LogP contribution in [0.2, 0.25) is 0 Å². The molecule has 37 heavy (non-hydrogen) atoms. The number of hydrogen-bond donors (Lipinski definition) is 2. The molecule has 0 saturated carbocycles. The summed E-state index contributed by atoms with van der Waals surface area (Å²) in [6.45, 7) is 0. The summed E-state index contributed by atoms with van der Waals surface area (Å²) >= 11 is 0. The maximum Gasteiger partial charge on any atom is 0.250 e. The highest BCUT2D eigenvalue weighted by molar-refractivity contribution is 5.90. The topological polar surface area (TPSA) is 99.5 Å². The fourth-order valence-electron chi connectivity index (χ4n) is 4.58. The van der Waals surface area contributed by atoms with Gasteiger partial charge in [-0.3, -0.25) is 10.1 Å². The maximum atomic E-state index is 12.8. The lowest BCUT2D eigenvalue weighted by molar-refractivity contribution is -0.115. The number of methoxy groups -OCH3 is 3. The molecule has 1 aliphatic rings. The fourth-order valence-corrected chi connectivity index (χ4v) is 4.58. The van der Waals surface area contributed by atoms with E-state index in [1.54, 1.807) is 33.5 Å². The Bertz CT molecular complexity index is 1370. The van der Waals surface area contributed by atoms with Crippen molar-refractivity contribution in [1.82, 2.24) is 14.8 Å². The summed E-state index contributed by atoms with van der Waals surface area (Å²) in [6, 6.07) is 23.6. The molecule has 2 atom stereocenters. The van der Waals surface area contributed by atoms with Crippen molar-refractivity contribution in [2.24, 2.45) is 0 Å². The van der Waals surface area contributed by atoms with Gasteiger partial charge in [0.2, 0.25) is 11.9 Å². The fraction of sp³-hybridized carbons (Fsp3) is 0.250. The summed E-state index contributed by atoms with van der Waals surface area (Å²) < 4.78 is 17.8. The Labute approximate surface area is 215 Å². The van der Waals surface area contributed by atoms with Crippen LogP contribution in [-0.2, 0) is 11.2 Å². The first-order valence-corrected chi connectivity index (χ1v) is 12.0. The number of fused-ring (bicyclic) bond motifs is 1. The zero-order chi connectivity index (χ0) is 25.8. The smallest absolute Gasteiger partial charge is 0.250 e. The summed E-state index contributed by atoms with van der Waals surface area (Å²) in [5, 5.41) is 11.0. The third-order valence-corrected chi connectivity index (χ3v) is 6.46. The third kappa shape index (κ3) is 5.20. The van der Waals surface area contributed by atoms with Crippen LogP contribution in [0.1, 0.15) is 35.2 Å². The predicted molar refractivity (Wildman–Crippen MR) is 140 cm³/mol. The van der Waals surface area contributed by atoms with Gasteiger partial charge in [-0.1, -0.05) is 48.5 Å². The Morgan fingerprint density at radius 3 is 2.41 bits per heavy atom. The first kappa shape index (κ1) is 24.2. The van der Waals surface area contributed by atoms with Gasteiger partial charge in [0.25, 0.3) is 5.95 Å². The van der Waals surface area contributed by atoms with E-state index in [9.17, 15) is 4.79 Å². The maximum absolute atomic E-state index is 12.8. The van der Waals surface area contributed by atoms with Crippen molar-refractivity contribution in [2.45, 2.75) is 24.9 Å². The molecule has 190 valence electrons. The van der Waals surface area contributed by atoms with E-state index in [1.807, 2.05) is 41.1 Å². The molecule has 9 nitrogen and oxygen atoms in total. The number of aromatic nitrogens is 3. The first-order valence-electron chi connectivity index (χ1n) is 12.0. The second-order valence-electron chi connectivity index (χ2n) is 8.75. The number of rotatable bonds is 8. The summed E-state index contributed by atoms with van der Waals surface area (Å²) in [5.74, 6) is 2.62. The lowest BCUT2D eigenvalue weighted by Crippen LogP contribution is -2.28. The molecule has 0 aliphatic carbocycles. The van der Waals surface area contributed by atoms with Crippen molar-refractivity contribution in [3.8, 4) is 17.2 Å². The lowest BCUT2D eigenvalue weighted by atomic mass is 9.93. The molecule has 0 saturated heterocycles. The van der Waals surface area contributed by atoms with Gasteiger partial charge >= 0.3 is 0 Å². The van der Waals surface area contributed by atoms with Crippen LogP contribution in [-0.4, -0.2) is 42.0 Å². The molecule has 3 aromatic carbocycles.